The van der Waals surface area contributed by atoms with Crippen LogP contribution in [0, 0.1) is 5.41 Å². The van der Waals surface area contributed by atoms with Gasteiger partial charge in [0, 0.05) is 6.04 Å². The van der Waals surface area contributed by atoms with E-state index in [9.17, 15) is 13.6 Å². The number of carbonyl (C=O) groups is 1. The van der Waals surface area contributed by atoms with Crippen LogP contribution in [0.5, 0.6) is 11.5 Å². The molecule has 5 nitrogen and oxygen atoms in total. The number of carbonyl (C=O) groups excluding carboxylic acids is 1. The van der Waals surface area contributed by atoms with Crippen molar-refractivity contribution in [3.63, 3.8) is 0 Å². The van der Waals surface area contributed by atoms with E-state index in [1.807, 2.05) is 0 Å². The van der Waals surface area contributed by atoms with Gasteiger partial charge in [-0.3, -0.25) is 4.79 Å². The van der Waals surface area contributed by atoms with E-state index >= 15 is 0 Å². The van der Waals surface area contributed by atoms with Gasteiger partial charge in [0.2, 0.25) is 0 Å². The topological polar surface area (TPSA) is 70.8 Å². The summed E-state index contributed by atoms with van der Waals surface area (Å²) in [6, 6.07) is 3.45. The number of hydrogen-bond acceptors (Lipinski definition) is 5. The largest absolute Gasteiger partial charge is 0.586 e. The first kappa shape index (κ1) is 14.5. The second kappa shape index (κ2) is 4.59. The van der Waals surface area contributed by atoms with Gasteiger partial charge in [-0.1, -0.05) is 6.07 Å². The minimum Gasteiger partial charge on any atom is -0.469 e. The molecule has 1 aromatic rings. The van der Waals surface area contributed by atoms with Crippen LogP contribution >= 0.6 is 0 Å². The van der Waals surface area contributed by atoms with Crippen molar-refractivity contribution in [3.05, 3.63) is 23.8 Å². The van der Waals surface area contributed by atoms with Crippen LogP contribution in [0.1, 0.15) is 25.5 Å². The van der Waals surface area contributed by atoms with Crippen molar-refractivity contribution >= 4 is 5.97 Å². The Labute approximate surface area is 114 Å². The van der Waals surface area contributed by atoms with Crippen LogP contribution in [-0.4, -0.2) is 19.4 Å². The lowest BCUT2D eigenvalue weighted by atomic mass is 9.81. The quantitative estimate of drug-likeness (QED) is 0.863. The van der Waals surface area contributed by atoms with Crippen molar-refractivity contribution in [1.29, 1.82) is 0 Å². The lowest BCUT2D eigenvalue weighted by Gasteiger charge is -2.28. The number of ether oxygens (including phenoxy) is 3. The summed E-state index contributed by atoms with van der Waals surface area (Å²) in [5.74, 6) is -0.668. The summed E-state index contributed by atoms with van der Waals surface area (Å²) in [7, 11) is 1.26. The van der Waals surface area contributed by atoms with Crippen LogP contribution in [0.2, 0.25) is 0 Å². The highest BCUT2D eigenvalue weighted by Crippen LogP contribution is 2.43. The highest BCUT2D eigenvalue weighted by Gasteiger charge is 2.44. The van der Waals surface area contributed by atoms with Crippen molar-refractivity contribution in [2.24, 2.45) is 11.1 Å². The van der Waals surface area contributed by atoms with E-state index in [4.69, 9.17) is 5.73 Å². The Bertz CT molecular complexity index is 545. The number of nitrogens with two attached hydrogens (primary N) is 1. The van der Waals surface area contributed by atoms with Crippen molar-refractivity contribution in [1.82, 2.24) is 0 Å². The van der Waals surface area contributed by atoms with E-state index in [1.165, 1.54) is 25.3 Å². The van der Waals surface area contributed by atoms with E-state index in [-0.39, 0.29) is 11.5 Å². The summed E-state index contributed by atoms with van der Waals surface area (Å²) in [4.78, 5) is 11.7. The first-order valence-corrected chi connectivity index (χ1v) is 5.91. The van der Waals surface area contributed by atoms with Gasteiger partial charge in [0.25, 0.3) is 0 Å². The summed E-state index contributed by atoms with van der Waals surface area (Å²) < 4.78 is 39.2. The zero-order valence-electron chi connectivity index (χ0n) is 11.3. The standard InChI is InChI=1S/C13H15F2NO4/c1-12(2,11(17)18-3)10(16)7-4-5-8-9(6-7)20-13(14,15)19-8/h4-6,10H,16H2,1-3H3/t10-/m0/s1. The van der Waals surface area contributed by atoms with Crippen molar-refractivity contribution in [3.8, 4) is 11.5 Å². The minimum atomic E-state index is -3.68. The number of methoxy groups -OCH3 is 1. The van der Waals surface area contributed by atoms with Crippen LogP contribution in [0.4, 0.5) is 8.78 Å². The number of fused-ring (bicyclic) bond motifs is 1. The van der Waals surface area contributed by atoms with Gasteiger partial charge in [0.15, 0.2) is 11.5 Å². The zero-order valence-corrected chi connectivity index (χ0v) is 11.3. The van der Waals surface area contributed by atoms with Crippen LogP contribution < -0.4 is 15.2 Å². The van der Waals surface area contributed by atoms with Gasteiger partial charge >= 0.3 is 12.3 Å². The Morgan fingerprint density at radius 1 is 1.35 bits per heavy atom. The van der Waals surface area contributed by atoms with E-state index in [0.29, 0.717) is 5.56 Å². The smallest absolute Gasteiger partial charge is 0.469 e. The monoisotopic (exact) mass is 287 g/mol. The van der Waals surface area contributed by atoms with Crippen molar-refractivity contribution in [2.45, 2.75) is 26.2 Å². The number of esters is 1. The Morgan fingerprint density at radius 2 is 1.95 bits per heavy atom. The number of alkyl halides is 2. The summed E-state index contributed by atoms with van der Waals surface area (Å²) in [6.07, 6.45) is -3.68. The fraction of sp³-hybridized carbons (Fsp3) is 0.462. The molecule has 1 aromatic carbocycles. The second-order valence-electron chi connectivity index (χ2n) is 5.06. The lowest BCUT2D eigenvalue weighted by Crippen LogP contribution is -2.37. The van der Waals surface area contributed by atoms with Crippen LogP contribution in [0.25, 0.3) is 0 Å². The second-order valence-corrected chi connectivity index (χ2v) is 5.06. The molecule has 110 valence electrons. The van der Waals surface area contributed by atoms with Gasteiger partial charge in [-0.25, -0.2) is 0 Å². The number of halogens is 2. The first-order valence-electron chi connectivity index (χ1n) is 5.91. The van der Waals surface area contributed by atoms with Crippen LogP contribution in [0.15, 0.2) is 18.2 Å². The molecule has 2 N–H and O–H groups in total. The Morgan fingerprint density at radius 3 is 2.55 bits per heavy atom. The Kier molecular flexibility index (Phi) is 3.33. The van der Waals surface area contributed by atoms with Gasteiger partial charge in [-0.05, 0) is 31.5 Å². The van der Waals surface area contributed by atoms with Crippen LogP contribution in [0.3, 0.4) is 0 Å². The van der Waals surface area contributed by atoms with E-state index in [2.05, 4.69) is 14.2 Å². The maximum atomic E-state index is 12.9. The lowest BCUT2D eigenvalue weighted by molar-refractivity contribution is -0.286. The summed E-state index contributed by atoms with van der Waals surface area (Å²) in [6.45, 7) is 3.23. The molecule has 1 aliphatic heterocycles. The molecule has 0 radical (unpaired) electrons. The molecule has 0 fully saturated rings. The molecule has 0 amide bonds. The number of rotatable bonds is 3. The average Bonchev–Trinajstić information content (AvgIpc) is 2.69. The maximum Gasteiger partial charge on any atom is 0.586 e. The minimum absolute atomic E-state index is 0.0678. The number of benzene rings is 1. The van der Waals surface area contributed by atoms with Crippen LogP contribution in [-0.2, 0) is 9.53 Å². The van der Waals surface area contributed by atoms with Gasteiger partial charge in [-0.15, -0.1) is 8.78 Å². The first-order chi connectivity index (χ1) is 9.17. The molecule has 1 atom stereocenters. The predicted molar refractivity (Wildman–Crippen MR) is 65.4 cm³/mol. The molecule has 0 aliphatic carbocycles. The molecule has 20 heavy (non-hydrogen) atoms. The molecule has 0 unspecified atom stereocenters. The third-order valence-electron chi connectivity index (χ3n) is 3.27. The summed E-state index contributed by atoms with van der Waals surface area (Å²) in [5.41, 5.74) is 5.49. The molecule has 0 bridgehead atoms. The van der Waals surface area contributed by atoms with Gasteiger partial charge < -0.3 is 19.9 Å². The third kappa shape index (κ3) is 2.40. The van der Waals surface area contributed by atoms with E-state index in [0.717, 1.165) is 0 Å². The summed E-state index contributed by atoms with van der Waals surface area (Å²) >= 11 is 0. The van der Waals surface area contributed by atoms with Gasteiger partial charge in [0.05, 0.1) is 12.5 Å². The average molecular weight is 287 g/mol. The number of hydrogen-bond donors (Lipinski definition) is 1. The van der Waals surface area contributed by atoms with E-state index < -0.39 is 23.7 Å². The SMILES string of the molecule is COC(=O)C(C)(C)[C@@H](N)c1ccc2c(c1)OC(F)(F)O2. The molecule has 0 saturated heterocycles. The van der Waals surface area contributed by atoms with Gasteiger partial charge in [0.1, 0.15) is 0 Å². The van der Waals surface area contributed by atoms with Crippen molar-refractivity contribution < 1.29 is 27.8 Å². The Balaban J connectivity index is 2.30. The molecule has 1 aliphatic rings. The third-order valence-corrected chi connectivity index (χ3v) is 3.27. The Hall–Kier alpha value is -1.89. The molecule has 7 heteroatoms. The molecule has 2 rings (SSSR count). The molecule has 0 spiro atoms. The maximum absolute atomic E-state index is 12.9. The summed E-state index contributed by atoms with van der Waals surface area (Å²) in [5, 5.41) is 0. The molecule has 0 aromatic heterocycles. The highest BCUT2D eigenvalue weighted by molar-refractivity contribution is 5.77. The normalized spacial score (nSPS) is 17.7. The molecular weight excluding hydrogens is 272 g/mol. The van der Waals surface area contributed by atoms with E-state index in [1.54, 1.807) is 13.8 Å². The molecule has 1 heterocycles. The highest BCUT2D eigenvalue weighted by atomic mass is 19.3. The molecular formula is C13H15F2NO4. The zero-order chi connectivity index (χ0) is 15.1. The fourth-order valence-electron chi connectivity index (χ4n) is 1.97. The predicted octanol–water partition coefficient (Wildman–Crippen LogP) is 2.21. The molecule has 0 saturated carbocycles. The van der Waals surface area contributed by atoms with Gasteiger partial charge in [-0.2, -0.15) is 0 Å². The fourth-order valence-corrected chi connectivity index (χ4v) is 1.97. The van der Waals surface area contributed by atoms with Crippen molar-refractivity contribution in [2.75, 3.05) is 7.11 Å².